The van der Waals surface area contributed by atoms with Crippen LogP contribution < -0.4 is 16.6 Å². The van der Waals surface area contributed by atoms with Crippen molar-refractivity contribution >= 4 is 17.3 Å². The highest BCUT2D eigenvalue weighted by atomic mass is 19.1. The van der Waals surface area contributed by atoms with Crippen LogP contribution in [-0.2, 0) is 11.3 Å². The topological polar surface area (TPSA) is 103 Å². The zero-order valence-corrected chi connectivity index (χ0v) is 13.3. The van der Waals surface area contributed by atoms with Crippen molar-refractivity contribution < 1.29 is 13.6 Å². The molecule has 8 heteroatoms. The van der Waals surface area contributed by atoms with Crippen molar-refractivity contribution in [1.29, 1.82) is 0 Å². The highest BCUT2D eigenvalue weighted by Crippen LogP contribution is 2.18. The molecule has 0 radical (unpaired) electrons. The van der Waals surface area contributed by atoms with Gasteiger partial charge in [-0.25, -0.2) is 9.07 Å². The van der Waals surface area contributed by atoms with Crippen LogP contribution in [0.1, 0.15) is 5.56 Å². The first-order valence-electron chi connectivity index (χ1n) is 7.41. The normalized spacial score (nSPS) is 10.6. The van der Waals surface area contributed by atoms with Gasteiger partial charge in [0.1, 0.15) is 23.7 Å². The van der Waals surface area contributed by atoms with E-state index in [2.05, 4.69) is 10.4 Å². The Balaban J connectivity index is 1.86. The van der Waals surface area contributed by atoms with Crippen molar-refractivity contribution in [2.45, 2.75) is 13.5 Å². The van der Waals surface area contributed by atoms with Crippen LogP contribution in [-0.4, -0.2) is 15.7 Å². The molecule has 0 spiro atoms. The van der Waals surface area contributed by atoms with Gasteiger partial charge in [-0.1, -0.05) is 6.07 Å². The summed E-state index contributed by atoms with van der Waals surface area (Å²) in [6, 6.07) is 8.76. The number of halogens is 1. The molecule has 2 aromatic heterocycles. The fourth-order valence-corrected chi connectivity index (χ4v) is 2.27. The van der Waals surface area contributed by atoms with E-state index in [1.807, 2.05) is 0 Å². The molecular formula is C17H15FN4O3. The molecule has 0 saturated heterocycles. The molecule has 0 aliphatic heterocycles. The van der Waals surface area contributed by atoms with Crippen LogP contribution in [0.3, 0.4) is 0 Å². The highest BCUT2D eigenvalue weighted by molar-refractivity contribution is 5.91. The molecule has 3 aromatic rings. The van der Waals surface area contributed by atoms with Crippen LogP contribution in [0, 0.1) is 12.7 Å². The molecule has 1 amide bonds. The molecule has 3 N–H and O–H groups in total. The van der Waals surface area contributed by atoms with E-state index in [0.29, 0.717) is 22.7 Å². The van der Waals surface area contributed by atoms with E-state index in [0.717, 1.165) is 4.68 Å². The number of nitrogens with two attached hydrogens (primary N) is 1. The third kappa shape index (κ3) is 3.57. The predicted molar refractivity (Wildman–Crippen MR) is 90.4 cm³/mol. The molecule has 0 saturated carbocycles. The van der Waals surface area contributed by atoms with Crippen LogP contribution >= 0.6 is 0 Å². The van der Waals surface area contributed by atoms with Crippen molar-refractivity contribution in [1.82, 2.24) is 9.78 Å². The second-order valence-corrected chi connectivity index (χ2v) is 5.43. The lowest BCUT2D eigenvalue weighted by Crippen LogP contribution is -2.31. The Labute approximate surface area is 141 Å². The molecule has 0 aliphatic carbocycles. The molecule has 0 atom stereocenters. The second-order valence-electron chi connectivity index (χ2n) is 5.43. The largest absolute Gasteiger partial charge is 0.463 e. The fourth-order valence-electron chi connectivity index (χ4n) is 2.27. The SMILES string of the molecule is Cc1ccc(F)cc1NC(=O)Cn1nc(-c2ccco2)cc(N)c1=O. The first kappa shape index (κ1) is 16.4. The number of anilines is 2. The summed E-state index contributed by atoms with van der Waals surface area (Å²) < 4.78 is 19.5. The van der Waals surface area contributed by atoms with Crippen molar-refractivity contribution in [3.05, 3.63) is 64.4 Å². The van der Waals surface area contributed by atoms with Gasteiger partial charge in [0.05, 0.1) is 6.26 Å². The Kier molecular flexibility index (Phi) is 4.34. The average molecular weight is 342 g/mol. The van der Waals surface area contributed by atoms with Crippen LogP contribution in [0.4, 0.5) is 15.8 Å². The fraction of sp³-hybridized carbons (Fsp3) is 0.118. The standard InChI is InChI=1S/C17H15FN4O3/c1-10-4-5-11(18)7-13(10)20-16(23)9-22-17(24)12(19)8-14(21-22)15-3-2-6-25-15/h2-8H,9,19H2,1H3,(H,20,23). The number of nitrogens with one attached hydrogen (secondary N) is 1. The number of carbonyl (C=O) groups is 1. The summed E-state index contributed by atoms with van der Waals surface area (Å²) in [6.45, 7) is 1.36. The van der Waals surface area contributed by atoms with E-state index in [9.17, 15) is 14.0 Å². The van der Waals surface area contributed by atoms with Gasteiger partial charge in [-0.05, 0) is 42.8 Å². The average Bonchev–Trinajstić information content (AvgIpc) is 3.09. The van der Waals surface area contributed by atoms with Gasteiger partial charge in [-0.2, -0.15) is 5.10 Å². The van der Waals surface area contributed by atoms with E-state index < -0.39 is 17.3 Å². The van der Waals surface area contributed by atoms with E-state index in [-0.39, 0.29) is 12.2 Å². The van der Waals surface area contributed by atoms with Crippen LogP contribution in [0.25, 0.3) is 11.5 Å². The molecule has 3 rings (SSSR count). The van der Waals surface area contributed by atoms with Crippen molar-refractivity contribution in [3.63, 3.8) is 0 Å². The van der Waals surface area contributed by atoms with Gasteiger partial charge in [0.2, 0.25) is 5.91 Å². The maximum Gasteiger partial charge on any atom is 0.290 e. The Hall–Kier alpha value is -3.42. The van der Waals surface area contributed by atoms with Crippen LogP contribution in [0.2, 0.25) is 0 Å². The van der Waals surface area contributed by atoms with Gasteiger partial charge < -0.3 is 15.5 Å². The Bertz CT molecular complexity index is 980. The van der Waals surface area contributed by atoms with E-state index in [1.54, 1.807) is 25.1 Å². The summed E-state index contributed by atoms with van der Waals surface area (Å²) in [6.07, 6.45) is 1.46. The van der Waals surface area contributed by atoms with Gasteiger partial charge >= 0.3 is 0 Å². The number of carbonyl (C=O) groups excluding carboxylic acids is 1. The molecule has 0 bridgehead atoms. The molecule has 7 nitrogen and oxygen atoms in total. The maximum atomic E-state index is 13.3. The smallest absolute Gasteiger partial charge is 0.290 e. The molecule has 2 heterocycles. The summed E-state index contributed by atoms with van der Waals surface area (Å²) in [5.74, 6) is -0.582. The number of hydrogen-bond acceptors (Lipinski definition) is 5. The summed E-state index contributed by atoms with van der Waals surface area (Å²) in [7, 11) is 0. The minimum absolute atomic E-state index is 0.0591. The third-order valence-electron chi connectivity index (χ3n) is 3.54. The van der Waals surface area contributed by atoms with E-state index >= 15 is 0 Å². The monoisotopic (exact) mass is 342 g/mol. The molecule has 128 valence electrons. The van der Waals surface area contributed by atoms with Crippen LogP contribution in [0.5, 0.6) is 0 Å². The van der Waals surface area contributed by atoms with Crippen molar-refractivity contribution in [3.8, 4) is 11.5 Å². The molecule has 0 unspecified atom stereocenters. The molecule has 25 heavy (non-hydrogen) atoms. The van der Waals surface area contributed by atoms with E-state index in [4.69, 9.17) is 10.2 Å². The van der Waals surface area contributed by atoms with Gasteiger partial charge in [0.15, 0.2) is 5.76 Å². The zero-order chi connectivity index (χ0) is 18.0. The first-order valence-corrected chi connectivity index (χ1v) is 7.41. The van der Waals surface area contributed by atoms with Gasteiger partial charge in [0, 0.05) is 5.69 Å². The summed E-state index contributed by atoms with van der Waals surface area (Å²) in [5, 5.41) is 6.65. The number of aromatic nitrogens is 2. The maximum absolute atomic E-state index is 13.3. The Morgan fingerprint density at radius 1 is 1.36 bits per heavy atom. The number of hydrogen-bond donors (Lipinski definition) is 2. The summed E-state index contributed by atoms with van der Waals surface area (Å²) in [4.78, 5) is 24.3. The first-order chi connectivity index (χ1) is 11.9. The highest BCUT2D eigenvalue weighted by Gasteiger charge is 2.13. The van der Waals surface area contributed by atoms with Gasteiger partial charge in [-0.15, -0.1) is 0 Å². The second kappa shape index (κ2) is 6.60. The minimum Gasteiger partial charge on any atom is -0.463 e. The number of nitrogen functional groups attached to an aromatic ring is 1. The number of benzene rings is 1. The van der Waals surface area contributed by atoms with E-state index in [1.165, 1.54) is 24.5 Å². The van der Waals surface area contributed by atoms with Gasteiger partial charge in [-0.3, -0.25) is 9.59 Å². The lowest BCUT2D eigenvalue weighted by atomic mass is 10.2. The number of nitrogens with zero attached hydrogens (tertiary/aromatic N) is 2. The lowest BCUT2D eigenvalue weighted by molar-refractivity contribution is -0.117. The Morgan fingerprint density at radius 3 is 2.88 bits per heavy atom. The predicted octanol–water partition coefficient (Wildman–Crippen LogP) is 2.17. The molecule has 0 fully saturated rings. The summed E-state index contributed by atoms with van der Waals surface area (Å²) >= 11 is 0. The summed E-state index contributed by atoms with van der Waals surface area (Å²) in [5.41, 5.74) is 6.40. The molecular weight excluding hydrogens is 327 g/mol. The Morgan fingerprint density at radius 2 is 2.16 bits per heavy atom. The zero-order valence-electron chi connectivity index (χ0n) is 13.3. The number of furan rings is 1. The number of amides is 1. The number of rotatable bonds is 4. The minimum atomic E-state index is -0.596. The lowest BCUT2D eigenvalue weighted by Gasteiger charge is -2.10. The number of aryl methyl sites for hydroxylation is 1. The van der Waals surface area contributed by atoms with Crippen molar-refractivity contribution in [2.75, 3.05) is 11.1 Å². The van der Waals surface area contributed by atoms with Crippen molar-refractivity contribution in [2.24, 2.45) is 0 Å². The third-order valence-corrected chi connectivity index (χ3v) is 3.54. The molecule has 0 aliphatic rings. The molecule has 1 aromatic carbocycles. The quantitative estimate of drug-likeness (QED) is 0.756. The van der Waals surface area contributed by atoms with Crippen LogP contribution in [0.15, 0.2) is 51.9 Å². The van der Waals surface area contributed by atoms with Gasteiger partial charge in [0.25, 0.3) is 5.56 Å².